The Labute approximate surface area is 111 Å². The summed E-state index contributed by atoms with van der Waals surface area (Å²) in [6, 6.07) is 9.46. The van der Waals surface area contributed by atoms with Crippen LogP contribution in [-0.4, -0.2) is 17.3 Å². The van der Waals surface area contributed by atoms with Crippen molar-refractivity contribution in [3.8, 4) is 23.2 Å². The first kappa shape index (κ1) is 12.8. The quantitative estimate of drug-likeness (QED) is 0.670. The molecule has 0 amide bonds. The smallest absolute Gasteiger partial charge is 0.182 e. The van der Waals surface area contributed by atoms with E-state index >= 15 is 0 Å². The number of methoxy groups -OCH3 is 1. The summed E-state index contributed by atoms with van der Waals surface area (Å²) in [4.78, 5) is 0. The summed E-state index contributed by atoms with van der Waals surface area (Å²) in [5.74, 6) is 1.32. The lowest BCUT2D eigenvalue weighted by Crippen LogP contribution is -1.96. The van der Waals surface area contributed by atoms with Crippen LogP contribution in [0.2, 0.25) is 0 Å². The monoisotopic (exact) mass is 254 g/mol. The first-order valence-electron chi connectivity index (χ1n) is 5.94. The van der Waals surface area contributed by atoms with E-state index in [9.17, 15) is 0 Å². The van der Waals surface area contributed by atoms with Crippen LogP contribution in [0.5, 0.6) is 5.75 Å². The lowest BCUT2D eigenvalue weighted by atomic mass is 10.1. The highest BCUT2D eigenvalue weighted by Gasteiger charge is 2.06. The predicted octanol–water partition coefficient (Wildman–Crippen LogP) is 2.61. The van der Waals surface area contributed by atoms with Crippen molar-refractivity contribution >= 4 is 5.82 Å². The molecule has 5 nitrogen and oxygen atoms in total. The molecule has 0 unspecified atom stereocenters. The number of nitriles is 1. The van der Waals surface area contributed by atoms with E-state index in [0.29, 0.717) is 5.82 Å². The van der Waals surface area contributed by atoms with Gasteiger partial charge >= 0.3 is 0 Å². The molecule has 2 aromatic rings. The Morgan fingerprint density at radius 2 is 2.11 bits per heavy atom. The number of rotatable bonds is 4. The van der Waals surface area contributed by atoms with Gasteiger partial charge in [-0.25, -0.2) is 0 Å². The Balaban J connectivity index is 2.34. The number of ether oxygens (including phenoxy) is 1. The molecule has 0 fully saturated rings. The number of aryl methyl sites for hydroxylation is 1. The van der Waals surface area contributed by atoms with Gasteiger partial charge < -0.3 is 4.74 Å². The van der Waals surface area contributed by atoms with E-state index in [1.54, 1.807) is 13.2 Å². The summed E-state index contributed by atoms with van der Waals surface area (Å²) in [6.07, 6.45) is 2.69. The molecule has 0 aliphatic heterocycles. The van der Waals surface area contributed by atoms with Crippen LogP contribution in [0.4, 0.5) is 5.82 Å². The zero-order chi connectivity index (χ0) is 13.7. The zero-order valence-corrected chi connectivity index (χ0v) is 10.8. The summed E-state index contributed by atoms with van der Waals surface area (Å²) in [5.41, 5.74) is 2.87. The lowest BCUT2D eigenvalue weighted by Gasteiger charge is -2.08. The Kier molecular flexibility index (Phi) is 3.94. The van der Waals surface area contributed by atoms with Crippen LogP contribution >= 0.6 is 0 Å². The minimum absolute atomic E-state index is 0.440. The highest BCUT2D eigenvalue weighted by Crippen LogP contribution is 2.25. The van der Waals surface area contributed by atoms with E-state index < -0.39 is 0 Å². The first-order valence-corrected chi connectivity index (χ1v) is 5.94. The van der Waals surface area contributed by atoms with Crippen LogP contribution in [0.1, 0.15) is 12.5 Å². The zero-order valence-electron chi connectivity index (χ0n) is 10.8. The molecule has 0 bridgehead atoms. The first-order chi connectivity index (χ1) is 9.28. The molecule has 0 atom stereocenters. The number of aromatic nitrogens is 2. The topological polar surface area (TPSA) is 70.8 Å². The lowest BCUT2D eigenvalue weighted by molar-refractivity contribution is 0.410. The molecule has 5 heteroatoms. The van der Waals surface area contributed by atoms with Crippen LogP contribution in [0, 0.1) is 11.5 Å². The van der Waals surface area contributed by atoms with Crippen LogP contribution in [-0.2, 0) is 6.42 Å². The fourth-order valence-corrected chi connectivity index (χ4v) is 1.82. The van der Waals surface area contributed by atoms with E-state index in [0.717, 1.165) is 29.0 Å². The molecule has 0 aliphatic rings. The number of hydrogen-bond donors (Lipinski definition) is 1. The average molecular weight is 254 g/mol. The number of benzene rings is 1. The van der Waals surface area contributed by atoms with Gasteiger partial charge in [-0.2, -0.15) is 5.26 Å². The molecule has 1 aromatic heterocycles. The number of nitrogens with zero attached hydrogens (tertiary/aromatic N) is 3. The summed E-state index contributed by atoms with van der Waals surface area (Å²) < 4.78 is 5.30. The fourth-order valence-electron chi connectivity index (χ4n) is 1.82. The second-order valence-corrected chi connectivity index (χ2v) is 3.92. The molecule has 0 radical (unpaired) electrons. The highest BCUT2D eigenvalue weighted by molar-refractivity contribution is 5.62. The predicted molar refractivity (Wildman–Crippen MR) is 72.6 cm³/mol. The Morgan fingerprint density at radius 1 is 1.26 bits per heavy atom. The van der Waals surface area contributed by atoms with E-state index in [-0.39, 0.29) is 0 Å². The maximum atomic E-state index is 8.49. The molecule has 0 saturated heterocycles. The van der Waals surface area contributed by atoms with Crippen molar-refractivity contribution in [1.82, 2.24) is 10.2 Å². The molecular weight excluding hydrogens is 240 g/mol. The second-order valence-electron chi connectivity index (χ2n) is 3.92. The van der Waals surface area contributed by atoms with Gasteiger partial charge in [-0.3, -0.25) is 5.32 Å². The van der Waals surface area contributed by atoms with Crippen molar-refractivity contribution < 1.29 is 4.74 Å². The van der Waals surface area contributed by atoms with Crippen LogP contribution in [0.15, 0.2) is 30.3 Å². The van der Waals surface area contributed by atoms with Crippen LogP contribution in [0.3, 0.4) is 0 Å². The largest absolute Gasteiger partial charge is 0.496 e. The van der Waals surface area contributed by atoms with Crippen molar-refractivity contribution in [3.63, 3.8) is 0 Å². The summed E-state index contributed by atoms with van der Waals surface area (Å²) in [5, 5.41) is 19.0. The van der Waals surface area contributed by atoms with E-state index in [4.69, 9.17) is 10.00 Å². The average Bonchev–Trinajstić information content (AvgIpc) is 2.47. The third kappa shape index (κ3) is 2.80. The third-order valence-electron chi connectivity index (χ3n) is 2.81. The Morgan fingerprint density at radius 3 is 2.68 bits per heavy atom. The highest BCUT2D eigenvalue weighted by atomic mass is 16.5. The van der Waals surface area contributed by atoms with Gasteiger partial charge in [0.25, 0.3) is 0 Å². The maximum absolute atomic E-state index is 8.49. The SMILES string of the molecule is CCc1cc(-c2ccc(NC#N)nn2)ccc1OC. The standard InChI is InChI=1S/C14H14N4O/c1-3-10-8-11(4-6-13(10)19-2)12-5-7-14(16-9-15)18-17-12/h4-8H,3H2,1-2H3,(H,16,18). The fraction of sp³-hybridized carbons (Fsp3) is 0.214. The van der Waals surface area contributed by atoms with Crippen molar-refractivity contribution in [2.75, 3.05) is 12.4 Å². The minimum Gasteiger partial charge on any atom is -0.496 e. The van der Waals surface area contributed by atoms with Crippen LogP contribution in [0.25, 0.3) is 11.3 Å². The molecule has 2 rings (SSSR count). The van der Waals surface area contributed by atoms with E-state index in [2.05, 4.69) is 22.4 Å². The molecule has 0 aliphatic carbocycles. The molecule has 1 heterocycles. The summed E-state index contributed by atoms with van der Waals surface area (Å²) in [6.45, 7) is 2.08. The molecule has 19 heavy (non-hydrogen) atoms. The van der Waals surface area contributed by atoms with Gasteiger partial charge in [-0.1, -0.05) is 6.92 Å². The minimum atomic E-state index is 0.440. The van der Waals surface area contributed by atoms with Crippen molar-refractivity contribution in [2.45, 2.75) is 13.3 Å². The summed E-state index contributed by atoms with van der Waals surface area (Å²) in [7, 11) is 1.66. The maximum Gasteiger partial charge on any atom is 0.182 e. The number of nitrogens with one attached hydrogen (secondary N) is 1. The molecule has 1 N–H and O–H groups in total. The summed E-state index contributed by atoms with van der Waals surface area (Å²) >= 11 is 0. The third-order valence-corrected chi connectivity index (χ3v) is 2.81. The van der Waals surface area contributed by atoms with E-state index in [1.807, 2.05) is 30.5 Å². The van der Waals surface area contributed by atoms with Gasteiger partial charge in [0.05, 0.1) is 12.8 Å². The number of anilines is 1. The van der Waals surface area contributed by atoms with Gasteiger partial charge in [0.2, 0.25) is 0 Å². The molecule has 0 saturated carbocycles. The van der Waals surface area contributed by atoms with E-state index in [1.165, 1.54) is 0 Å². The Hall–Kier alpha value is -2.61. The van der Waals surface area contributed by atoms with Gasteiger partial charge in [0.1, 0.15) is 5.75 Å². The molecular formula is C14H14N4O. The van der Waals surface area contributed by atoms with Crippen molar-refractivity contribution in [2.24, 2.45) is 0 Å². The number of hydrogen-bond acceptors (Lipinski definition) is 5. The molecule has 1 aromatic carbocycles. The van der Waals surface area contributed by atoms with Gasteiger partial charge in [-0.05, 0) is 42.3 Å². The van der Waals surface area contributed by atoms with Gasteiger partial charge in [0.15, 0.2) is 12.0 Å². The second kappa shape index (κ2) is 5.83. The van der Waals surface area contributed by atoms with Crippen molar-refractivity contribution in [1.29, 1.82) is 5.26 Å². The normalized spacial score (nSPS) is 9.74. The molecule has 0 spiro atoms. The van der Waals surface area contributed by atoms with Gasteiger partial charge in [0, 0.05) is 5.56 Å². The van der Waals surface area contributed by atoms with Crippen LogP contribution < -0.4 is 10.1 Å². The Bertz CT molecular complexity index is 602. The molecule has 96 valence electrons. The van der Waals surface area contributed by atoms with Crippen molar-refractivity contribution in [3.05, 3.63) is 35.9 Å². The van der Waals surface area contributed by atoms with Gasteiger partial charge in [-0.15, -0.1) is 10.2 Å².